The Hall–Kier alpha value is -2.51. The molecule has 1 aliphatic rings. The highest BCUT2D eigenvalue weighted by Gasteiger charge is 2.19. The highest BCUT2D eigenvalue weighted by Crippen LogP contribution is 2.34. The summed E-state index contributed by atoms with van der Waals surface area (Å²) in [4.78, 5) is 23.4. The van der Waals surface area contributed by atoms with Crippen LogP contribution in [0.5, 0.6) is 5.88 Å². The molecule has 0 unspecified atom stereocenters. The van der Waals surface area contributed by atoms with Crippen LogP contribution >= 0.6 is 23.6 Å². The van der Waals surface area contributed by atoms with Crippen molar-refractivity contribution in [2.45, 2.75) is 19.4 Å². The first-order valence-corrected chi connectivity index (χ1v) is 8.87. The first-order valence-electron chi connectivity index (χ1n) is 7.65. The Morgan fingerprint density at radius 3 is 2.80 bits per heavy atom. The first kappa shape index (κ1) is 17.3. The van der Waals surface area contributed by atoms with Crippen molar-refractivity contribution >= 4 is 53.0 Å². The number of benzene rings is 1. The Balaban J connectivity index is 1.96. The standard InChI is InChI=1S/C18H15NO4S2/c20-14-8-7-11-4-1-2-5-12(11)13(14)10-15-17(23)19(18(24)25-15)9-3-6-16(21)22/h1-2,4-5,7-8,10,23H,3,6,9H2,(H,21,22). The topological polar surface area (TPSA) is 79.5 Å². The summed E-state index contributed by atoms with van der Waals surface area (Å²) in [7, 11) is 0. The third-order valence-corrected chi connectivity index (χ3v) is 5.26. The van der Waals surface area contributed by atoms with E-state index in [1.165, 1.54) is 22.0 Å². The van der Waals surface area contributed by atoms with Gasteiger partial charge in [0.2, 0.25) is 5.88 Å². The van der Waals surface area contributed by atoms with Gasteiger partial charge in [0.1, 0.15) is 0 Å². The maximum atomic E-state index is 12.3. The number of allylic oxidation sites excluding steroid dienone is 2. The summed E-state index contributed by atoms with van der Waals surface area (Å²) in [5.41, 5.74) is 2.26. The summed E-state index contributed by atoms with van der Waals surface area (Å²) < 4.78 is 1.95. The lowest BCUT2D eigenvalue weighted by Gasteiger charge is -2.12. The number of thiazole rings is 1. The molecule has 7 heteroatoms. The van der Waals surface area contributed by atoms with Crippen LogP contribution in [0.3, 0.4) is 0 Å². The minimum absolute atomic E-state index is 0.00411. The van der Waals surface area contributed by atoms with E-state index in [-0.39, 0.29) is 18.1 Å². The predicted octanol–water partition coefficient (Wildman–Crippen LogP) is 3.99. The number of aliphatic carboxylic acids is 1. The van der Waals surface area contributed by atoms with E-state index < -0.39 is 5.97 Å². The molecule has 3 rings (SSSR count). The Labute approximate surface area is 153 Å². The number of aromatic hydroxyl groups is 1. The maximum Gasteiger partial charge on any atom is 0.303 e. The van der Waals surface area contributed by atoms with Crippen LogP contribution in [0.15, 0.2) is 30.3 Å². The number of carbonyl (C=O) groups excluding carboxylic acids is 1. The maximum absolute atomic E-state index is 12.3. The second-order valence-electron chi connectivity index (χ2n) is 5.55. The van der Waals surface area contributed by atoms with Crippen molar-refractivity contribution in [3.8, 4) is 5.88 Å². The molecule has 1 aromatic heterocycles. The average Bonchev–Trinajstić information content (AvgIpc) is 2.84. The number of hydrogen-bond acceptors (Lipinski definition) is 5. The highest BCUT2D eigenvalue weighted by molar-refractivity contribution is 7.73. The fourth-order valence-electron chi connectivity index (χ4n) is 2.65. The van der Waals surface area contributed by atoms with Gasteiger partial charge in [-0.25, -0.2) is 0 Å². The van der Waals surface area contributed by atoms with E-state index in [4.69, 9.17) is 17.3 Å². The summed E-state index contributed by atoms with van der Waals surface area (Å²) in [6, 6.07) is 7.54. The van der Waals surface area contributed by atoms with Crippen LogP contribution in [-0.4, -0.2) is 26.5 Å². The highest BCUT2D eigenvalue weighted by atomic mass is 32.1. The zero-order valence-electron chi connectivity index (χ0n) is 13.1. The Morgan fingerprint density at radius 1 is 1.28 bits per heavy atom. The summed E-state index contributed by atoms with van der Waals surface area (Å²) in [6.45, 7) is 0.321. The van der Waals surface area contributed by atoms with Gasteiger partial charge in [0.05, 0.1) is 4.88 Å². The molecule has 0 radical (unpaired) electrons. The second kappa shape index (κ2) is 7.16. The molecule has 0 saturated carbocycles. The van der Waals surface area contributed by atoms with Crippen molar-refractivity contribution in [1.29, 1.82) is 0 Å². The fourth-order valence-corrected chi connectivity index (χ4v) is 3.95. The molecule has 1 heterocycles. The number of carbonyl (C=O) groups is 2. The molecule has 0 atom stereocenters. The third-order valence-electron chi connectivity index (χ3n) is 3.87. The van der Waals surface area contributed by atoms with Crippen molar-refractivity contribution in [3.05, 3.63) is 50.3 Å². The average molecular weight is 373 g/mol. The largest absolute Gasteiger partial charge is 0.493 e. The van der Waals surface area contributed by atoms with Gasteiger partial charge in [-0.2, -0.15) is 0 Å². The number of nitrogens with zero attached hydrogens (tertiary/aromatic N) is 1. The smallest absolute Gasteiger partial charge is 0.303 e. The minimum Gasteiger partial charge on any atom is -0.493 e. The van der Waals surface area contributed by atoms with E-state index in [0.717, 1.165) is 11.1 Å². The summed E-state index contributed by atoms with van der Waals surface area (Å²) >= 11 is 6.46. The number of fused-ring (bicyclic) bond motifs is 1. The van der Waals surface area contributed by atoms with Crippen LogP contribution in [0.25, 0.3) is 17.7 Å². The van der Waals surface area contributed by atoms with Gasteiger partial charge in [-0.15, -0.1) is 11.3 Å². The van der Waals surface area contributed by atoms with Gasteiger partial charge in [-0.3, -0.25) is 14.2 Å². The van der Waals surface area contributed by atoms with Crippen LogP contribution in [0.4, 0.5) is 0 Å². The molecule has 2 aromatic rings. The summed E-state index contributed by atoms with van der Waals surface area (Å²) in [6.07, 6.45) is 5.30. The lowest BCUT2D eigenvalue weighted by molar-refractivity contribution is -0.137. The van der Waals surface area contributed by atoms with Crippen molar-refractivity contribution in [3.63, 3.8) is 0 Å². The quantitative estimate of drug-likeness (QED) is 0.612. The normalized spacial score (nSPS) is 14.7. The van der Waals surface area contributed by atoms with E-state index >= 15 is 0 Å². The Morgan fingerprint density at radius 2 is 2.04 bits per heavy atom. The number of hydrogen-bond donors (Lipinski definition) is 2. The number of ketones is 1. The SMILES string of the molecule is O=C(O)CCCn1c(O)c(C=C2C(=O)C=Cc3ccccc32)sc1=S. The van der Waals surface area contributed by atoms with Crippen molar-refractivity contribution in [1.82, 2.24) is 4.57 Å². The molecule has 0 fully saturated rings. The Bertz CT molecular complexity index is 966. The van der Waals surface area contributed by atoms with Gasteiger partial charge < -0.3 is 10.2 Å². The molecule has 0 saturated heterocycles. The molecule has 128 valence electrons. The predicted molar refractivity (Wildman–Crippen MR) is 100 cm³/mol. The molecular formula is C18H15NO4S2. The summed E-state index contributed by atoms with van der Waals surface area (Å²) in [5.74, 6) is -1.05. The van der Waals surface area contributed by atoms with E-state index in [2.05, 4.69) is 0 Å². The van der Waals surface area contributed by atoms with Crippen LogP contribution in [0.1, 0.15) is 28.8 Å². The molecule has 5 nitrogen and oxygen atoms in total. The molecule has 0 amide bonds. The molecular weight excluding hydrogens is 358 g/mol. The number of aromatic nitrogens is 1. The summed E-state index contributed by atoms with van der Waals surface area (Å²) in [5, 5.41) is 19.2. The van der Waals surface area contributed by atoms with E-state index in [0.29, 0.717) is 27.4 Å². The van der Waals surface area contributed by atoms with Crippen LogP contribution in [-0.2, 0) is 16.1 Å². The monoisotopic (exact) mass is 373 g/mol. The second-order valence-corrected chi connectivity index (χ2v) is 7.22. The lowest BCUT2D eigenvalue weighted by Crippen LogP contribution is -2.04. The van der Waals surface area contributed by atoms with Crippen LogP contribution in [0, 0.1) is 3.95 Å². The molecule has 0 bridgehead atoms. The van der Waals surface area contributed by atoms with Crippen molar-refractivity contribution in [2.24, 2.45) is 0 Å². The van der Waals surface area contributed by atoms with E-state index in [1.54, 1.807) is 12.2 Å². The Kier molecular flexibility index (Phi) is 4.96. The van der Waals surface area contributed by atoms with Crippen molar-refractivity contribution < 1.29 is 19.8 Å². The molecule has 2 N–H and O–H groups in total. The molecule has 0 aliphatic heterocycles. The molecule has 25 heavy (non-hydrogen) atoms. The third kappa shape index (κ3) is 3.62. The van der Waals surface area contributed by atoms with Gasteiger partial charge in [0.15, 0.2) is 9.74 Å². The fraction of sp³-hybridized carbons (Fsp3) is 0.167. The van der Waals surface area contributed by atoms with Crippen LogP contribution in [0.2, 0.25) is 0 Å². The minimum atomic E-state index is -0.889. The van der Waals surface area contributed by atoms with Gasteiger partial charge >= 0.3 is 5.97 Å². The molecule has 1 aliphatic carbocycles. The number of carboxylic acids is 1. The van der Waals surface area contributed by atoms with E-state index in [9.17, 15) is 14.7 Å². The van der Waals surface area contributed by atoms with Crippen LogP contribution < -0.4 is 0 Å². The lowest BCUT2D eigenvalue weighted by atomic mass is 9.91. The van der Waals surface area contributed by atoms with E-state index in [1.807, 2.05) is 24.3 Å². The van der Waals surface area contributed by atoms with Crippen molar-refractivity contribution in [2.75, 3.05) is 0 Å². The van der Waals surface area contributed by atoms with Gasteiger partial charge in [0.25, 0.3) is 0 Å². The first-order chi connectivity index (χ1) is 12.0. The zero-order valence-corrected chi connectivity index (χ0v) is 14.8. The van der Waals surface area contributed by atoms with Gasteiger partial charge in [0, 0.05) is 18.5 Å². The molecule has 0 spiro atoms. The number of carboxylic acid groups (broad SMARTS) is 1. The molecule has 1 aromatic carbocycles. The van der Waals surface area contributed by atoms with Gasteiger partial charge in [-0.1, -0.05) is 30.3 Å². The van der Waals surface area contributed by atoms with Gasteiger partial charge in [-0.05, 0) is 41.9 Å². The number of rotatable bonds is 5. The zero-order chi connectivity index (χ0) is 18.0.